The van der Waals surface area contributed by atoms with Crippen LogP contribution >= 0.6 is 15.9 Å². The molecule has 2 aromatic carbocycles. The third kappa shape index (κ3) is 4.04. The number of aromatic nitrogens is 1. The van der Waals surface area contributed by atoms with Crippen molar-refractivity contribution in [3.8, 4) is 11.3 Å². The number of hydrogen-bond donors (Lipinski definition) is 0. The summed E-state index contributed by atoms with van der Waals surface area (Å²) < 4.78 is 9.08. The van der Waals surface area contributed by atoms with Crippen LogP contribution in [0.4, 0.5) is 0 Å². The third-order valence-electron chi connectivity index (χ3n) is 4.86. The molecule has 0 aliphatic heterocycles. The van der Waals surface area contributed by atoms with Gasteiger partial charge in [0.15, 0.2) is 0 Å². The van der Waals surface area contributed by atoms with Gasteiger partial charge in [0.25, 0.3) is 0 Å². The Morgan fingerprint density at radius 2 is 1.82 bits per heavy atom. The predicted molar refractivity (Wildman–Crippen MR) is 115 cm³/mol. The van der Waals surface area contributed by atoms with Crippen molar-refractivity contribution in [3.05, 3.63) is 83.2 Å². The summed E-state index contributed by atoms with van der Waals surface area (Å²) in [5.41, 5.74) is 2.17. The Bertz CT molecular complexity index is 1100. The standard InChI is InChI=1S/C23H21BrN2O2/c1-25(16-20-10-11-22(28-20)18-6-8-19(24)9-7-18)23(27)13-15-26-14-12-17-4-2-3-5-21(17)26/h2-12,14H,13,15-16H2,1H3. The average molecular weight is 437 g/mol. The second-order valence-electron chi connectivity index (χ2n) is 6.84. The quantitative estimate of drug-likeness (QED) is 0.388. The number of benzene rings is 2. The number of aryl methyl sites for hydroxylation is 1. The summed E-state index contributed by atoms with van der Waals surface area (Å²) in [4.78, 5) is 14.3. The first-order chi connectivity index (χ1) is 13.6. The number of hydrogen-bond acceptors (Lipinski definition) is 2. The topological polar surface area (TPSA) is 38.4 Å². The van der Waals surface area contributed by atoms with E-state index in [0.717, 1.165) is 27.1 Å². The zero-order valence-electron chi connectivity index (χ0n) is 15.6. The van der Waals surface area contributed by atoms with Gasteiger partial charge >= 0.3 is 0 Å². The lowest BCUT2D eigenvalue weighted by Gasteiger charge is -2.16. The van der Waals surface area contributed by atoms with Crippen LogP contribution in [-0.2, 0) is 17.9 Å². The van der Waals surface area contributed by atoms with Gasteiger partial charge < -0.3 is 13.9 Å². The van der Waals surface area contributed by atoms with E-state index in [9.17, 15) is 4.79 Å². The molecule has 2 aromatic heterocycles. The van der Waals surface area contributed by atoms with Gasteiger partial charge in [0.1, 0.15) is 11.5 Å². The Morgan fingerprint density at radius 3 is 2.64 bits per heavy atom. The van der Waals surface area contributed by atoms with Gasteiger partial charge in [-0.25, -0.2) is 0 Å². The van der Waals surface area contributed by atoms with Gasteiger partial charge in [-0.2, -0.15) is 0 Å². The zero-order valence-corrected chi connectivity index (χ0v) is 17.2. The van der Waals surface area contributed by atoms with Crippen LogP contribution in [0.5, 0.6) is 0 Å². The van der Waals surface area contributed by atoms with Crippen LogP contribution in [0, 0.1) is 0 Å². The second kappa shape index (κ2) is 8.07. The number of halogens is 1. The maximum Gasteiger partial charge on any atom is 0.224 e. The molecule has 142 valence electrons. The molecule has 0 fully saturated rings. The highest BCUT2D eigenvalue weighted by atomic mass is 79.9. The van der Waals surface area contributed by atoms with Crippen LogP contribution in [0.2, 0.25) is 0 Å². The minimum atomic E-state index is 0.0966. The van der Waals surface area contributed by atoms with E-state index in [2.05, 4.69) is 38.7 Å². The lowest BCUT2D eigenvalue weighted by Crippen LogP contribution is -2.26. The van der Waals surface area contributed by atoms with Crippen molar-refractivity contribution in [2.75, 3.05) is 7.05 Å². The monoisotopic (exact) mass is 436 g/mol. The van der Waals surface area contributed by atoms with Crippen molar-refractivity contribution in [3.63, 3.8) is 0 Å². The van der Waals surface area contributed by atoms with Crippen molar-refractivity contribution >= 4 is 32.7 Å². The Kier molecular flexibility index (Phi) is 5.35. The number of carbonyl (C=O) groups excluding carboxylic acids is 1. The molecule has 1 amide bonds. The van der Waals surface area contributed by atoms with Gasteiger partial charge in [0, 0.05) is 41.8 Å². The number of para-hydroxylation sites is 1. The second-order valence-corrected chi connectivity index (χ2v) is 7.76. The van der Waals surface area contributed by atoms with Crippen LogP contribution in [0.3, 0.4) is 0 Å². The Labute approximate surface area is 172 Å². The Balaban J connectivity index is 1.36. The van der Waals surface area contributed by atoms with E-state index < -0.39 is 0 Å². The van der Waals surface area contributed by atoms with Crippen molar-refractivity contribution in [1.29, 1.82) is 0 Å². The molecule has 0 aliphatic rings. The predicted octanol–water partition coefficient (Wildman–Crippen LogP) is 5.71. The highest BCUT2D eigenvalue weighted by molar-refractivity contribution is 9.10. The normalized spacial score (nSPS) is 11.1. The number of rotatable bonds is 6. The zero-order chi connectivity index (χ0) is 19.5. The molecule has 4 aromatic rings. The summed E-state index contributed by atoms with van der Waals surface area (Å²) in [7, 11) is 1.82. The largest absolute Gasteiger partial charge is 0.459 e. The van der Waals surface area contributed by atoms with Crippen LogP contribution < -0.4 is 0 Å². The fourth-order valence-electron chi connectivity index (χ4n) is 3.30. The number of amides is 1. The minimum Gasteiger partial charge on any atom is -0.459 e. The smallest absolute Gasteiger partial charge is 0.224 e. The number of carbonyl (C=O) groups is 1. The molecule has 0 spiro atoms. The first kappa shape index (κ1) is 18.6. The molecule has 5 heteroatoms. The van der Waals surface area contributed by atoms with Crippen LogP contribution in [-0.4, -0.2) is 22.4 Å². The van der Waals surface area contributed by atoms with E-state index in [1.54, 1.807) is 4.90 Å². The summed E-state index contributed by atoms with van der Waals surface area (Å²) in [6, 6.07) is 22.1. The number of furan rings is 1. The molecule has 2 heterocycles. The van der Waals surface area contributed by atoms with Gasteiger partial charge in [-0.05, 0) is 41.8 Å². The maximum absolute atomic E-state index is 12.6. The minimum absolute atomic E-state index is 0.0966. The van der Waals surface area contributed by atoms with E-state index in [-0.39, 0.29) is 5.91 Å². The van der Waals surface area contributed by atoms with E-state index in [0.29, 0.717) is 19.5 Å². The SMILES string of the molecule is CN(Cc1ccc(-c2ccc(Br)cc2)o1)C(=O)CCn1ccc2ccccc21. The molecule has 0 aliphatic carbocycles. The fraction of sp³-hybridized carbons (Fsp3) is 0.174. The Morgan fingerprint density at radius 1 is 1.04 bits per heavy atom. The molecule has 0 bridgehead atoms. The van der Waals surface area contributed by atoms with E-state index in [4.69, 9.17) is 4.42 Å². The van der Waals surface area contributed by atoms with Gasteiger partial charge in [0.2, 0.25) is 5.91 Å². The van der Waals surface area contributed by atoms with Crippen molar-refractivity contribution < 1.29 is 9.21 Å². The van der Waals surface area contributed by atoms with E-state index >= 15 is 0 Å². The van der Waals surface area contributed by atoms with Crippen LogP contribution in [0.1, 0.15) is 12.2 Å². The van der Waals surface area contributed by atoms with Crippen LogP contribution in [0.25, 0.3) is 22.2 Å². The molecule has 28 heavy (non-hydrogen) atoms. The summed E-state index contributed by atoms with van der Waals surface area (Å²) >= 11 is 3.44. The molecule has 0 N–H and O–H groups in total. The molecular formula is C23H21BrN2O2. The highest BCUT2D eigenvalue weighted by Crippen LogP contribution is 2.24. The van der Waals surface area contributed by atoms with Gasteiger partial charge in [-0.15, -0.1) is 0 Å². The lowest BCUT2D eigenvalue weighted by molar-refractivity contribution is -0.130. The highest BCUT2D eigenvalue weighted by Gasteiger charge is 2.13. The molecule has 0 unspecified atom stereocenters. The van der Waals surface area contributed by atoms with Gasteiger partial charge in [-0.1, -0.05) is 46.3 Å². The summed E-state index contributed by atoms with van der Waals surface area (Å²) in [6.07, 6.45) is 2.49. The molecule has 0 saturated carbocycles. The van der Waals surface area contributed by atoms with Gasteiger partial charge in [0.05, 0.1) is 6.54 Å². The summed E-state index contributed by atoms with van der Waals surface area (Å²) in [5.74, 6) is 1.68. The molecule has 0 radical (unpaired) electrons. The number of fused-ring (bicyclic) bond motifs is 1. The Hall–Kier alpha value is -2.79. The summed E-state index contributed by atoms with van der Waals surface area (Å²) in [6.45, 7) is 1.13. The molecule has 4 nitrogen and oxygen atoms in total. The molecule has 4 rings (SSSR count). The average Bonchev–Trinajstić information content (AvgIpc) is 3.34. The summed E-state index contributed by atoms with van der Waals surface area (Å²) in [5, 5.41) is 1.19. The maximum atomic E-state index is 12.6. The van der Waals surface area contributed by atoms with E-state index in [1.807, 2.05) is 61.8 Å². The van der Waals surface area contributed by atoms with Crippen LogP contribution in [0.15, 0.2) is 81.8 Å². The van der Waals surface area contributed by atoms with Gasteiger partial charge in [-0.3, -0.25) is 4.79 Å². The fourth-order valence-corrected chi connectivity index (χ4v) is 3.56. The first-order valence-corrected chi connectivity index (χ1v) is 10.0. The molecular weight excluding hydrogens is 416 g/mol. The lowest BCUT2D eigenvalue weighted by atomic mass is 10.2. The van der Waals surface area contributed by atoms with Crippen molar-refractivity contribution in [2.24, 2.45) is 0 Å². The third-order valence-corrected chi connectivity index (χ3v) is 5.38. The first-order valence-electron chi connectivity index (χ1n) is 9.22. The number of nitrogens with zero attached hydrogens (tertiary/aromatic N) is 2. The van der Waals surface area contributed by atoms with Crippen molar-refractivity contribution in [2.45, 2.75) is 19.5 Å². The molecule has 0 saturated heterocycles. The van der Waals surface area contributed by atoms with Crippen molar-refractivity contribution in [1.82, 2.24) is 9.47 Å². The molecule has 0 atom stereocenters. The van der Waals surface area contributed by atoms with E-state index in [1.165, 1.54) is 5.39 Å².